The van der Waals surface area contributed by atoms with Crippen LogP contribution in [0, 0.1) is 0 Å². The highest BCUT2D eigenvalue weighted by atomic mass is 16.5. The van der Waals surface area contributed by atoms with Gasteiger partial charge in [0.05, 0.1) is 0 Å². The molecule has 2 aromatic rings. The predicted molar refractivity (Wildman–Crippen MR) is 89.5 cm³/mol. The third kappa shape index (κ3) is 3.97. The maximum atomic E-state index is 12.0. The predicted octanol–water partition coefficient (Wildman–Crippen LogP) is 3.76. The molecular weight excluding hydrogens is 290 g/mol. The Morgan fingerprint density at radius 1 is 0.913 bits per heavy atom. The Bertz CT molecular complexity index is 595. The Labute approximate surface area is 137 Å². The van der Waals surface area contributed by atoms with Crippen molar-refractivity contribution in [3.63, 3.8) is 0 Å². The van der Waals surface area contributed by atoms with Gasteiger partial charge in [-0.3, -0.25) is 4.79 Å². The molecule has 0 fully saturated rings. The van der Waals surface area contributed by atoms with Crippen molar-refractivity contribution < 1.29 is 15.1 Å². The van der Waals surface area contributed by atoms with Crippen LogP contribution in [-0.2, 0) is 4.79 Å². The van der Waals surface area contributed by atoms with Crippen molar-refractivity contribution in [1.29, 1.82) is 0 Å². The monoisotopic (exact) mass is 313 g/mol. The summed E-state index contributed by atoms with van der Waals surface area (Å²) in [5.41, 5.74) is 1.02. The maximum Gasteiger partial charge on any atom is 0.324 e. The molecule has 0 amide bonds. The van der Waals surface area contributed by atoms with Crippen LogP contribution in [0.25, 0.3) is 0 Å². The second-order valence-corrected chi connectivity index (χ2v) is 6.60. The molecule has 2 rings (SSSR count). The van der Waals surface area contributed by atoms with Crippen molar-refractivity contribution in [2.24, 2.45) is 0 Å². The fourth-order valence-corrected chi connectivity index (χ4v) is 2.68. The van der Waals surface area contributed by atoms with Gasteiger partial charge in [-0.15, -0.1) is 0 Å². The van der Waals surface area contributed by atoms with E-state index < -0.39 is 23.5 Å². The minimum absolute atomic E-state index is 0.473. The van der Waals surface area contributed by atoms with Gasteiger partial charge in [0, 0.05) is 11.5 Å². The number of hydrogen-bond acceptors (Lipinski definition) is 3. The molecule has 0 bridgehead atoms. The smallest absolute Gasteiger partial charge is 0.324 e. The number of carbonyl (C=O) groups is 1. The summed E-state index contributed by atoms with van der Waals surface area (Å²) in [4.78, 5) is 12.0. The third-order valence-electron chi connectivity index (χ3n) is 3.84. The Morgan fingerprint density at radius 3 is 1.61 bits per heavy atom. The zero-order valence-corrected chi connectivity index (χ0v) is 13.7. The van der Waals surface area contributed by atoms with E-state index in [1.54, 1.807) is 20.8 Å². The fourth-order valence-electron chi connectivity index (χ4n) is 2.68. The molecule has 0 spiro atoms. The van der Waals surface area contributed by atoms with Crippen molar-refractivity contribution in [1.82, 2.24) is 5.06 Å². The molecule has 23 heavy (non-hydrogen) atoms. The molecule has 0 aromatic heterocycles. The van der Waals surface area contributed by atoms with Gasteiger partial charge in [0.15, 0.2) is 0 Å². The summed E-state index contributed by atoms with van der Waals surface area (Å²) in [5, 5.41) is 21.3. The second kappa shape index (κ2) is 6.94. The Morgan fingerprint density at radius 2 is 1.30 bits per heavy atom. The lowest BCUT2D eigenvalue weighted by molar-refractivity contribution is -0.203. The SMILES string of the molecule is CC(C)(C)N(O)C(C(=O)O)C(c1ccccc1)c1ccccc1. The van der Waals surface area contributed by atoms with Crippen LogP contribution in [0.4, 0.5) is 0 Å². The fraction of sp³-hybridized carbons (Fsp3) is 0.316. The first-order valence-corrected chi connectivity index (χ1v) is 7.63. The Hall–Kier alpha value is -2.17. The summed E-state index contributed by atoms with van der Waals surface area (Å²) in [6.07, 6.45) is 0. The molecule has 0 aliphatic carbocycles. The second-order valence-electron chi connectivity index (χ2n) is 6.60. The van der Waals surface area contributed by atoms with Gasteiger partial charge in [0.1, 0.15) is 6.04 Å². The molecule has 4 heteroatoms. The van der Waals surface area contributed by atoms with Crippen LogP contribution in [0.15, 0.2) is 60.7 Å². The molecule has 0 aliphatic heterocycles. The lowest BCUT2D eigenvalue weighted by Crippen LogP contribution is -2.52. The zero-order chi connectivity index (χ0) is 17.0. The lowest BCUT2D eigenvalue weighted by Gasteiger charge is -2.38. The van der Waals surface area contributed by atoms with Crippen LogP contribution in [0.3, 0.4) is 0 Å². The quantitative estimate of drug-likeness (QED) is 0.825. The van der Waals surface area contributed by atoms with Gasteiger partial charge in [-0.1, -0.05) is 60.7 Å². The highest BCUT2D eigenvalue weighted by Crippen LogP contribution is 2.33. The minimum Gasteiger partial charge on any atom is -0.480 e. The molecule has 0 radical (unpaired) electrons. The average molecular weight is 313 g/mol. The number of hydroxylamine groups is 2. The first-order chi connectivity index (χ1) is 10.8. The van der Waals surface area contributed by atoms with Gasteiger partial charge in [-0.05, 0) is 31.9 Å². The van der Waals surface area contributed by atoms with Crippen molar-refractivity contribution in [3.05, 3.63) is 71.8 Å². The summed E-state index contributed by atoms with van der Waals surface area (Å²) in [6.45, 7) is 5.36. The third-order valence-corrected chi connectivity index (χ3v) is 3.84. The van der Waals surface area contributed by atoms with E-state index in [0.29, 0.717) is 0 Å². The number of rotatable bonds is 5. The lowest BCUT2D eigenvalue weighted by atomic mass is 9.83. The zero-order valence-electron chi connectivity index (χ0n) is 13.7. The maximum absolute atomic E-state index is 12.0. The highest BCUT2D eigenvalue weighted by molar-refractivity contribution is 5.76. The van der Waals surface area contributed by atoms with Crippen molar-refractivity contribution in [2.45, 2.75) is 38.3 Å². The molecule has 0 saturated carbocycles. The molecule has 0 heterocycles. The van der Waals surface area contributed by atoms with Crippen molar-refractivity contribution in [3.8, 4) is 0 Å². The normalized spacial score (nSPS) is 13.3. The highest BCUT2D eigenvalue weighted by Gasteiger charge is 2.40. The van der Waals surface area contributed by atoms with Crippen molar-refractivity contribution in [2.75, 3.05) is 0 Å². The first kappa shape index (κ1) is 17.2. The molecule has 0 saturated heterocycles. The molecule has 0 aliphatic rings. The molecule has 1 atom stereocenters. The van der Waals surface area contributed by atoms with E-state index in [9.17, 15) is 15.1 Å². The first-order valence-electron chi connectivity index (χ1n) is 7.63. The molecule has 2 N–H and O–H groups in total. The Kier molecular flexibility index (Phi) is 5.19. The standard InChI is InChI=1S/C19H23NO3/c1-19(2,3)20(23)17(18(21)22)16(14-10-6-4-7-11-14)15-12-8-5-9-13-15/h4-13,16-17,23H,1-3H3,(H,21,22). The van der Waals surface area contributed by atoms with Crippen LogP contribution < -0.4 is 0 Å². The average Bonchev–Trinajstić information content (AvgIpc) is 2.52. The van der Waals surface area contributed by atoms with Crippen LogP contribution in [-0.4, -0.2) is 32.9 Å². The molecule has 1 unspecified atom stereocenters. The van der Waals surface area contributed by atoms with E-state index in [1.807, 2.05) is 60.7 Å². The van der Waals surface area contributed by atoms with E-state index >= 15 is 0 Å². The van der Waals surface area contributed by atoms with Crippen LogP contribution in [0.1, 0.15) is 37.8 Å². The van der Waals surface area contributed by atoms with E-state index in [1.165, 1.54) is 0 Å². The van der Waals surface area contributed by atoms with E-state index in [2.05, 4.69) is 0 Å². The molecular formula is C19H23NO3. The van der Waals surface area contributed by atoms with E-state index in [-0.39, 0.29) is 0 Å². The number of carboxylic acids is 1. The Balaban J connectivity index is 2.57. The largest absolute Gasteiger partial charge is 0.480 e. The number of benzene rings is 2. The van der Waals surface area contributed by atoms with Gasteiger partial charge in [-0.25, -0.2) is 0 Å². The number of hydrogen-bond donors (Lipinski definition) is 2. The summed E-state index contributed by atoms with van der Waals surface area (Å²) in [6, 6.07) is 17.8. The molecule has 4 nitrogen and oxygen atoms in total. The van der Waals surface area contributed by atoms with Crippen LogP contribution in [0.2, 0.25) is 0 Å². The summed E-state index contributed by atoms with van der Waals surface area (Å²) in [7, 11) is 0. The number of carboxylic acid groups (broad SMARTS) is 1. The van der Waals surface area contributed by atoms with Gasteiger partial charge in [-0.2, -0.15) is 5.06 Å². The summed E-state index contributed by atoms with van der Waals surface area (Å²) in [5.74, 6) is -1.53. The van der Waals surface area contributed by atoms with Crippen LogP contribution >= 0.6 is 0 Å². The van der Waals surface area contributed by atoms with E-state index in [4.69, 9.17) is 0 Å². The van der Waals surface area contributed by atoms with Crippen molar-refractivity contribution >= 4 is 5.97 Å². The summed E-state index contributed by atoms with van der Waals surface area (Å²) >= 11 is 0. The number of nitrogens with zero attached hydrogens (tertiary/aromatic N) is 1. The van der Waals surface area contributed by atoms with Gasteiger partial charge in [0.2, 0.25) is 0 Å². The van der Waals surface area contributed by atoms with Gasteiger partial charge in [0.25, 0.3) is 0 Å². The topological polar surface area (TPSA) is 60.8 Å². The molecule has 122 valence electrons. The molecule has 2 aromatic carbocycles. The number of aliphatic carboxylic acids is 1. The van der Waals surface area contributed by atoms with Gasteiger partial charge >= 0.3 is 5.97 Å². The van der Waals surface area contributed by atoms with E-state index in [0.717, 1.165) is 16.2 Å². The van der Waals surface area contributed by atoms with Gasteiger partial charge < -0.3 is 10.3 Å². The minimum atomic E-state index is -1.08. The summed E-state index contributed by atoms with van der Waals surface area (Å²) < 4.78 is 0. The van der Waals surface area contributed by atoms with Crippen LogP contribution in [0.5, 0.6) is 0 Å².